The molecule has 0 radical (unpaired) electrons. The first-order valence-electron chi connectivity index (χ1n) is 7.93. The second kappa shape index (κ2) is 6.60. The van der Waals surface area contributed by atoms with Gasteiger partial charge in [0.15, 0.2) is 0 Å². The number of aromatic nitrogens is 3. The maximum atomic E-state index is 12.3. The molecule has 0 saturated heterocycles. The molecule has 1 aliphatic carbocycles. The quantitative estimate of drug-likeness (QED) is 0.921. The van der Waals surface area contributed by atoms with Crippen molar-refractivity contribution in [3.63, 3.8) is 0 Å². The summed E-state index contributed by atoms with van der Waals surface area (Å²) in [4.78, 5) is 14.5. The van der Waals surface area contributed by atoms with Crippen molar-refractivity contribution in [2.45, 2.75) is 46.1 Å². The van der Waals surface area contributed by atoms with Crippen molar-refractivity contribution in [3.8, 4) is 0 Å². The summed E-state index contributed by atoms with van der Waals surface area (Å²) in [6, 6.07) is 2.08. The fourth-order valence-electron chi connectivity index (χ4n) is 2.93. The number of amides is 1. The summed E-state index contributed by atoms with van der Waals surface area (Å²) in [5, 5.41) is 11.0. The van der Waals surface area contributed by atoms with E-state index in [-0.39, 0.29) is 5.91 Å². The number of carbonyl (C=O) groups excluding carboxylic acids is 1. The van der Waals surface area contributed by atoms with Crippen LogP contribution in [0.25, 0.3) is 0 Å². The number of hydrogen-bond donors (Lipinski definition) is 1. The molecular weight excluding hydrogens is 296 g/mol. The van der Waals surface area contributed by atoms with Crippen molar-refractivity contribution in [1.29, 1.82) is 0 Å². The SMILES string of the molecule is CCn1cnnc1CCNC(=O)c1cc2c(s1)CC[C@H](C)C2. The van der Waals surface area contributed by atoms with Gasteiger partial charge in [0.2, 0.25) is 0 Å². The third kappa shape index (κ3) is 3.21. The number of fused-ring (bicyclic) bond motifs is 1. The monoisotopic (exact) mass is 318 g/mol. The Balaban J connectivity index is 1.56. The predicted molar refractivity (Wildman–Crippen MR) is 87.2 cm³/mol. The molecule has 1 atom stereocenters. The molecule has 1 amide bonds. The van der Waals surface area contributed by atoms with Crippen LogP contribution in [0.5, 0.6) is 0 Å². The van der Waals surface area contributed by atoms with Crippen molar-refractivity contribution in [1.82, 2.24) is 20.1 Å². The van der Waals surface area contributed by atoms with Gasteiger partial charge >= 0.3 is 0 Å². The van der Waals surface area contributed by atoms with Crippen LogP contribution in [-0.4, -0.2) is 27.2 Å². The molecule has 0 aromatic carbocycles. The summed E-state index contributed by atoms with van der Waals surface area (Å²) < 4.78 is 2.00. The second-order valence-corrected chi connectivity index (χ2v) is 7.08. The largest absolute Gasteiger partial charge is 0.351 e. The first kappa shape index (κ1) is 15.2. The van der Waals surface area contributed by atoms with Crippen molar-refractivity contribution < 1.29 is 4.79 Å². The summed E-state index contributed by atoms with van der Waals surface area (Å²) in [6.07, 6.45) is 5.90. The molecule has 0 saturated carbocycles. The van der Waals surface area contributed by atoms with Gasteiger partial charge in [0.1, 0.15) is 12.2 Å². The van der Waals surface area contributed by atoms with E-state index in [0.29, 0.717) is 13.0 Å². The third-order valence-corrected chi connectivity index (χ3v) is 5.46. The van der Waals surface area contributed by atoms with Gasteiger partial charge in [-0.2, -0.15) is 0 Å². The third-order valence-electron chi connectivity index (χ3n) is 4.22. The number of rotatable bonds is 5. The molecule has 0 fully saturated rings. The van der Waals surface area contributed by atoms with Gasteiger partial charge in [0.25, 0.3) is 5.91 Å². The Morgan fingerprint density at radius 1 is 1.55 bits per heavy atom. The Morgan fingerprint density at radius 2 is 2.41 bits per heavy atom. The summed E-state index contributed by atoms with van der Waals surface area (Å²) in [5.74, 6) is 1.69. The zero-order valence-electron chi connectivity index (χ0n) is 13.1. The van der Waals surface area contributed by atoms with Gasteiger partial charge in [-0.15, -0.1) is 21.5 Å². The number of thiophene rings is 1. The average molecular weight is 318 g/mol. The Kier molecular flexibility index (Phi) is 4.57. The highest BCUT2D eigenvalue weighted by Crippen LogP contribution is 2.32. The lowest BCUT2D eigenvalue weighted by molar-refractivity contribution is 0.0958. The van der Waals surface area contributed by atoms with Crippen molar-refractivity contribution in [3.05, 3.63) is 33.5 Å². The van der Waals surface area contributed by atoms with Crippen LogP contribution in [0.4, 0.5) is 0 Å². The number of nitrogens with one attached hydrogen (secondary N) is 1. The van der Waals surface area contributed by atoms with Gasteiger partial charge in [-0.3, -0.25) is 4.79 Å². The van der Waals surface area contributed by atoms with Crippen LogP contribution in [0.1, 0.15) is 46.2 Å². The second-order valence-electron chi connectivity index (χ2n) is 5.95. The Hall–Kier alpha value is -1.69. The van der Waals surface area contributed by atoms with E-state index in [0.717, 1.165) is 36.0 Å². The first-order valence-corrected chi connectivity index (χ1v) is 8.75. The van der Waals surface area contributed by atoms with Crippen molar-refractivity contribution in [2.75, 3.05) is 6.54 Å². The molecule has 2 heterocycles. The topological polar surface area (TPSA) is 59.8 Å². The molecule has 1 aliphatic rings. The highest BCUT2D eigenvalue weighted by molar-refractivity contribution is 7.14. The molecule has 0 bridgehead atoms. The van der Waals surface area contributed by atoms with E-state index in [9.17, 15) is 4.79 Å². The predicted octanol–water partition coefficient (Wildman–Crippen LogP) is 2.46. The van der Waals surface area contributed by atoms with E-state index in [2.05, 4.69) is 35.4 Å². The zero-order valence-corrected chi connectivity index (χ0v) is 13.9. The number of aryl methyl sites for hydroxylation is 2. The molecule has 0 unspecified atom stereocenters. The molecule has 5 nitrogen and oxygen atoms in total. The smallest absolute Gasteiger partial charge is 0.261 e. The van der Waals surface area contributed by atoms with E-state index in [1.165, 1.54) is 16.9 Å². The van der Waals surface area contributed by atoms with E-state index >= 15 is 0 Å². The minimum Gasteiger partial charge on any atom is -0.351 e. The lowest BCUT2D eigenvalue weighted by Crippen LogP contribution is -2.25. The van der Waals surface area contributed by atoms with Crippen LogP contribution < -0.4 is 5.32 Å². The van der Waals surface area contributed by atoms with Crippen LogP contribution in [0.2, 0.25) is 0 Å². The summed E-state index contributed by atoms with van der Waals surface area (Å²) in [6.45, 7) is 5.79. The normalized spacial score (nSPS) is 17.3. The number of hydrogen-bond acceptors (Lipinski definition) is 4. The molecule has 1 N–H and O–H groups in total. The molecule has 0 aliphatic heterocycles. The molecule has 2 aromatic heterocycles. The Morgan fingerprint density at radius 3 is 3.23 bits per heavy atom. The van der Waals surface area contributed by atoms with E-state index in [4.69, 9.17) is 0 Å². The van der Waals surface area contributed by atoms with Gasteiger partial charge in [0, 0.05) is 24.4 Å². The fourth-order valence-corrected chi connectivity index (χ4v) is 4.05. The number of nitrogens with zero attached hydrogens (tertiary/aromatic N) is 3. The van der Waals surface area contributed by atoms with Crippen molar-refractivity contribution >= 4 is 17.2 Å². The molecule has 22 heavy (non-hydrogen) atoms. The van der Waals surface area contributed by atoms with E-state index < -0.39 is 0 Å². The lowest BCUT2D eigenvalue weighted by atomic mass is 9.90. The minimum absolute atomic E-state index is 0.0367. The van der Waals surface area contributed by atoms with Gasteiger partial charge in [-0.05, 0) is 43.7 Å². The van der Waals surface area contributed by atoms with Gasteiger partial charge in [0.05, 0.1) is 4.88 Å². The highest BCUT2D eigenvalue weighted by Gasteiger charge is 2.20. The molecule has 0 spiro atoms. The van der Waals surface area contributed by atoms with Crippen LogP contribution in [-0.2, 0) is 25.8 Å². The fraction of sp³-hybridized carbons (Fsp3) is 0.562. The van der Waals surface area contributed by atoms with Crippen LogP contribution in [0, 0.1) is 5.92 Å². The molecule has 3 rings (SSSR count). The van der Waals surface area contributed by atoms with Gasteiger partial charge in [-0.25, -0.2) is 0 Å². The van der Waals surface area contributed by atoms with E-state index in [1.807, 2.05) is 4.57 Å². The van der Waals surface area contributed by atoms with Gasteiger partial charge < -0.3 is 9.88 Å². The van der Waals surface area contributed by atoms with Crippen LogP contribution in [0.15, 0.2) is 12.4 Å². The first-order chi connectivity index (χ1) is 10.7. The minimum atomic E-state index is 0.0367. The Labute approximate surface area is 134 Å². The molecule has 6 heteroatoms. The standard InChI is InChI=1S/C16H22N4OS/c1-3-20-10-18-19-15(20)6-7-17-16(21)14-9-12-8-11(2)4-5-13(12)22-14/h9-11H,3-8H2,1-2H3,(H,17,21)/t11-/m0/s1. The maximum absolute atomic E-state index is 12.3. The average Bonchev–Trinajstić information content (AvgIpc) is 3.12. The Bertz CT molecular complexity index is 661. The molecule has 118 valence electrons. The van der Waals surface area contributed by atoms with Crippen molar-refractivity contribution in [2.24, 2.45) is 5.92 Å². The van der Waals surface area contributed by atoms with Crippen LogP contribution in [0.3, 0.4) is 0 Å². The molecule has 2 aromatic rings. The number of carbonyl (C=O) groups is 1. The van der Waals surface area contributed by atoms with E-state index in [1.54, 1.807) is 17.7 Å². The maximum Gasteiger partial charge on any atom is 0.261 e. The highest BCUT2D eigenvalue weighted by atomic mass is 32.1. The molecular formula is C16H22N4OS. The summed E-state index contributed by atoms with van der Waals surface area (Å²) >= 11 is 1.66. The van der Waals surface area contributed by atoms with Gasteiger partial charge in [-0.1, -0.05) is 6.92 Å². The van der Waals surface area contributed by atoms with Crippen LogP contribution >= 0.6 is 11.3 Å². The summed E-state index contributed by atoms with van der Waals surface area (Å²) in [5.41, 5.74) is 1.37. The zero-order chi connectivity index (χ0) is 15.5. The lowest BCUT2D eigenvalue weighted by Gasteiger charge is -2.16. The summed E-state index contributed by atoms with van der Waals surface area (Å²) in [7, 11) is 0.